The van der Waals surface area contributed by atoms with Gasteiger partial charge in [-0.25, -0.2) is 4.98 Å². The molecule has 0 atom stereocenters. The van der Waals surface area contributed by atoms with Gasteiger partial charge in [0.05, 0.1) is 6.42 Å². The zero-order valence-electron chi connectivity index (χ0n) is 13.6. The average Bonchev–Trinajstić information content (AvgIpc) is 2.89. The maximum atomic E-state index is 12.9. The highest BCUT2D eigenvalue weighted by Gasteiger charge is 2.41. The molecule has 0 N–H and O–H groups in total. The van der Waals surface area contributed by atoms with E-state index in [1.807, 2.05) is 13.1 Å². The summed E-state index contributed by atoms with van der Waals surface area (Å²) in [7, 11) is 0. The van der Waals surface area contributed by atoms with Crippen LogP contribution in [0.1, 0.15) is 58.7 Å². The van der Waals surface area contributed by atoms with E-state index in [2.05, 4.69) is 23.4 Å². The van der Waals surface area contributed by atoms with Gasteiger partial charge in [-0.05, 0) is 44.9 Å². The number of hydrogen-bond acceptors (Lipinski definition) is 3. The standard InChI is InChI=1S/C17H28N2O2/c1-4-11-19-12-10-18-16(19)13-15(20)17(21-5-2)8-6-14(3)7-9-17/h10,12,14H,4-9,11,13H2,1-3H3. The second-order valence-electron chi connectivity index (χ2n) is 6.25. The average molecular weight is 292 g/mol. The number of imidazole rings is 1. The third-order valence-electron chi connectivity index (χ3n) is 4.60. The molecule has 1 aromatic rings. The highest BCUT2D eigenvalue weighted by Crippen LogP contribution is 2.36. The van der Waals surface area contributed by atoms with Crippen LogP contribution in [0.2, 0.25) is 0 Å². The van der Waals surface area contributed by atoms with Crippen molar-refractivity contribution >= 4 is 5.78 Å². The van der Waals surface area contributed by atoms with E-state index in [1.165, 1.54) is 0 Å². The van der Waals surface area contributed by atoms with Crippen molar-refractivity contribution in [3.05, 3.63) is 18.2 Å². The molecule has 118 valence electrons. The molecule has 1 heterocycles. The van der Waals surface area contributed by atoms with Gasteiger partial charge in [0.2, 0.25) is 0 Å². The predicted molar refractivity (Wildman–Crippen MR) is 83.2 cm³/mol. The van der Waals surface area contributed by atoms with Crippen molar-refractivity contribution in [3.8, 4) is 0 Å². The Bertz CT molecular complexity index is 459. The van der Waals surface area contributed by atoms with Gasteiger partial charge >= 0.3 is 0 Å². The van der Waals surface area contributed by atoms with Crippen molar-refractivity contribution in [2.75, 3.05) is 6.61 Å². The molecule has 4 nitrogen and oxygen atoms in total. The minimum absolute atomic E-state index is 0.208. The van der Waals surface area contributed by atoms with E-state index in [4.69, 9.17) is 4.74 Å². The van der Waals surface area contributed by atoms with Gasteiger partial charge in [-0.15, -0.1) is 0 Å². The number of aryl methyl sites for hydroxylation is 1. The van der Waals surface area contributed by atoms with Gasteiger partial charge in [-0.3, -0.25) is 4.79 Å². The Hall–Kier alpha value is -1.16. The van der Waals surface area contributed by atoms with Crippen LogP contribution in [0.3, 0.4) is 0 Å². The van der Waals surface area contributed by atoms with Crippen LogP contribution in [0.15, 0.2) is 12.4 Å². The quantitative estimate of drug-likeness (QED) is 0.773. The molecule has 0 aliphatic heterocycles. The number of ether oxygens (including phenoxy) is 1. The summed E-state index contributed by atoms with van der Waals surface area (Å²) in [4.78, 5) is 17.2. The number of carbonyl (C=O) groups excluding carboxylic acids is 1. The molecule has 0 amide bonds. The highest BCUT2D eigenvalue weighted by atomic mass is 16.5. The highest BCUT2D eigenvalue weighted by molar-refractivity contribution is 5.88. The van der Waals surface area contributed by atoms with Gasteiger partial charge < -0.3 is 9.30 Å². The minimum atomic E-state index is -0.565. The first-order valence-corrected chi connectivity index (χ1v) is 8.28. The number of ketones is 1. The smallest absolute Gasteiger partial charge is 0.172 e. The Morgan fingerprint density at radius 1 is 1.43 bits per heavy atom. The molecule has 1 aromatic heterocycles. The molecule has 1 aliphatic carbocycles. The van der Waals surface area contributed by atoms with Gasteiger partial charge in [-0.1, -0.05) is 13.8 Å². The van der Waals surface area contributed by atoms with Gasteiger partial charge in [0.25, 0.3) is 0 Å². The monoisotopic (exact) mass is 292 g/mol. The molecule has 0 radical (unpaired) electrons. The van der Waals surface area contributed by atoms with Crippen molar-refractivity contribution in [2.24, 2.45) is 5.92 Å². The summed E-state index contributed by atoms with van der Waals surface area (Å²) in [6, 6.07) is 0. The maximum absolute atomic E-state index is 12.9. The summed E-state index contributed by atoms with van der Waals surface area (Å²) >= 11 is 0. The number of nitrogens with zero attached hydrogens (tertiary/aromatic N) is 2. The molecule has 0 aromatic carbocycles. The summed E-state index contributed by atoms with van der Waals surface area (Å²) in [5, 5.41) is 0. The van der Waals surface area contributed by atoms with Crippen LogP contribution in [0.5, 0.6) is 0 Å². The lowest BCUT2D eigenvalue weighted by molar-refractivity contribution is -0.149. The van der Waals surface area contributed by atoms with Crippen molar-refractivity contribution in [1.29, 1.82) is 0 Å². The van der Waals surface area contributed by atoms with E-state index in [1.54, 1.807) is 6.20 Å². The predicted octanol–water partition coefficient (Wildman–Crippen LogP) is 3.39. The van der Waals surface area contributed by atoms with E-state index >= 15 is 0 Å². The second kappa shape index (κ2) is 7.21. The molecule has 21 heavy (non-hydrogen) atoms. The maximum Gasteiger partial charge on any atom is 0.172 e. The van der Waals surface area contributed by atoms with Crippen molar-refractivity contribution in [1.82, 2.24) is 9.55 Å². The third-order valence-corrected chi connectivity index (χ3v) is 4.60. The first-order valence-electron chi connectivity index (χ1n) is 8.28. The van der Waals surface area contributed by atoms with Crippen molar-refractivity contribution in [3.63, 3.8) is 0 Å². The van der Waals surface area contributed by atoms with Crippen molar-refractivity contribution in [2.45, 2.75) is 71.4 Å². The molecule has 0 spiro atoms. The van der Waals surface area contributed by atoms with Crippen LogP contribution in [0.4, 0.5) is 0 Å². The van der Waals surface area contributed by atoms with Gasteiger partial charge in [0, 0.05) is 25.5 Å². The minimum Gasteiger partial charge on any atom is -0.367 e. The molecule has 1 aliphatic rings. The van der Waals surface area contributed by atoms with Crippen LogP contribution in [-0.2, 0) is 22.5 Å². The zero-order chi connectivity index (χ0) is 15.3. The lowest BCUT2D eigenvalue weighted by atomic mass is 9.76. The number of rotatable bonds is 7. The van der Waals surface area contributed by atoms with Gasteiger partial charge in [0.1, 0.15) is 11.4 Å². The first kappa shape index (κ1) is 16.2. The molecule has 1 fully saturated rings. The van der Waals surface area contributed by atoms with Crippen LogP contribution in [0, 0.1) is 5.92 Å². The normalized spacial score (nSPS) is 26.0. The molecule has 4 heteroatoms. The Kier molecular flexibility index (Phi) is 5.57. The SMILES string of the molecule is CCCn1ccnc1CC(=O)C1(OCC)CCC(C)CC1. The largest absolute Gasteiger partial charge is 0.367 e. The molecule has 2 rings (SSSR count). The summed E-state index contributed by atoms with van der Waals surface area (Å²) in [5.41, 5.74) is -0.565. The number of hydrogen-bond donors (Lipinski definition) is 0. The van der Waals surface area contributed by atoms with Gasteiger partial charge in [-0.2, -0.15) is 0 Å². The molecule has 1 saturated carbocycles. The molecular formula is C17H28N2O2. The number of aromatic nitrogens is 2. The van der Waals surface area contributed by atoms with Crippen LogP contribution < -0.4 is 0 Å². The molecule has 0 unspecified atom stereocenters. The Morgan fingerprint density at radius 3 is 2.76 bits per heavy atom. The fraction of sp³-hybridized carbons (Fsp3) is 0.765. The van der Waals surface area contributed by atoms with E-state index in [9.17, 15) is 4.79 Å². The Labute approximate surface area is 127 Å². The number of carbonyl (C=O) groups is 1. The third kappa shape index (κ3) is 3.73. The summed E-state index contributed by atoms with van der Waals surface area (Å²) in [5.74, 6) is 1.79. The van der Waals surface area contributed by atoms with Crippen LogP contribution in [-0.4, -0.2) is 27.5 Å². The fourth-order valence-electron chi connectivity index (χ4n) is 3.26. The molecule has 0 saturated heterocycles. The van der Waals surface area contributed by atoms with Crippen molar-refractivity contribution < 1.29 is 9.53 Å². The molecular weight excluding hydrogens is 264 g/mol. The Morgan fingerprint density at radius 2 is 2.14 bits per heavy atom. The summed E-state index contributed by atoms with van der Waals surface area (Å²) < 4.78 is 8.03. The van der Waals surface area contributed by atoms with Crippen LogP contribution in [0.25, 0.3) is 0 Å². The van der Waals surface area contributed by atoms with Crippen LogP contribution >= 0.6 is 0 Å². The lowest BCUT2D eigenvalue weighted by Gasteiger charge is -2.37. The van der Waals surface area contributed by atoms with E-state index in [-0.39, 0.29) is 5.78 Å². The van der Waals surface area contributed by atoms with E-state index in [0.29, 0.717) is 18.9 Å². The fourth-order valence-corrected chi connectivity index (χ4v) is 3.26. The lowest BCUT2D eigenvalue weighted by Crippen LogP contribution is -2.45. The second-order valence-corrected chi connectivity index (χ2v) is 6.25. The zero-order valence-corrected chi connectivity index (χ0v) is 13.6. The summed E-state index contributed by atoms with van der Waals surface area (Å²) in [6.45, 7) is 7.89. The molecule has 0 bridgehead atoms. The first-order chi connectivity index (χ1) is 10.1. The number of Topliss-reactive ketones (excluding diaryl/α,β-unsaturated/α-hetero) is 1. The van der Waals surface area contributed by atoms with Gasteiger partial charge in [0.15, 0.2) is 5.78 Å². The Balaban J connectivity index is 2.10. The van der Waals surface area contributed by atoms with E-state index < -0.39 is 5.60 Å². The topological polar surface area (TPSA) is 44.1 Å². The summed E-state index contributed by atoms with van der Waals surface area (Å²) in [6.07, 6.45) is 9.05. The van der Waals surface area contributed by atoms with E-state index in [0.717, 1.165) is 44.5 Å².